The summed E-state index contributed by atoms with van der Waals surface area (Å²) in [6.07, 6.45) is 2.55. The molecule has 0 bridgehead atoms. The van der Waals surface area contributed by atoms with Gasteiger partial charge in [-0.1, -0.05) is 6.07 Å². The average Bonchev–Trinajstić information content (AvgIpc) is 2.63. The maximum atomic E-state index is 13.0. The van der Waals surface area contributed by atoms with Crippen molar-refractivity contribution in [3.8, 4) is 0 Å². The predicted molar refractivity (Wildman–Crippen MR) is 65.0 cm³/mol. The first-order chi connectivity index (χ1) is 8.06. The van der Waals surface area contributed by atoms with Crippen molar-refractivity contribution in [3.63, 3.8) is 0 Å². The van der Waals surface area contributed by atoms with Crippen LogP contribution >= 0.6 is 0 Å². The lowest BCUT2D eigenvalue weighted by Gasteiger charge is -2.13. The molecule has 0 saturated carbocycles. The quantitative estimate of drug-likeness (QED) is 0.882. The van der Waals surface area contributed by atoms with Crippen LogP contribution < -0.4 is 5.73 Å². The molecule has 1 aromatic carbocycles. The number of aromatic nitrogens is 2. The molecule has 2 N–H and O–H groups in total. The summed E-state index contributed by atoms with van der Waals surface area (Å²) in [4.78, 5) is 0. The average molecular weight is 233 g/mol. The van der Waals surface area contributed by atoms with Crippen LogP contribution in [0.3, 0.4) is 0 Å². The molecule has 0 saturated heterocycles. The number of aryl methyl sites for hydroxylation is 2. The minimum Gasteiger partial charge on any atom is -0.324 e. The lowest BCUT2D eigenvalue weighted by Crippen LogP contribution is -2.15. The Labute approximate surface area is 100 Å². The van der Waals surface area contributed by atoms with Gasteiger partial charge >= 0.3 is 0 Å². The van der Waals surface area contributed by atoms with Crippen LogP contribution in [0, 0.1) is 12.7 Å². The first kappa shape index (κ1) is 11.8. The van der Waals surface area contributed by atoms with E-state index in [0.717, 1.165) is 16.8 Å². The number of hydrogen-bond donors (Lipinski definition) is 1. The fourth-order valence-corrected chi connectivity index (χ4v) is 1.96. The van der Waals surface area contributed by atoms with Crippen LogP contribution in [0.4, 0.5) is 4.39 Å². The van der Waals surface area contributed by atoms with E-state index < -0.39 is 0 Å². The lowest BCUT2D eigenvalue weighted by molar-refractivity contribution is 0.621. The largest absolute Gasteiger partial charge is 0.324 e. The number of rotatable bonds is 3. The molecule has 0 spiro atoms. The molecule has 4 heteroatoms. The van der Waals surface area contributed by atoms with Gasteiger partial charge in [-0.05, 0) is 36.2 Å². The third-order valence-electron chi connectivity index (χ3n) is 2.83. The summed E-state index contributed by atoms with van der Waals surface area (Å²) < 4.78 is 14.7. The highest BCUT2D eigenvalue weighted by molar-refractivity contribution is 5.30. The van der Waals surface area contributed by atoms with Gasteiger partial charge in [0.15, 0.2) is 0 Å². The van der Waals surface area contributed by atoms with Crippen molar-refractivity contribution in [2.45, 2.75) is 19.4 Å². The number of halogens is 1. The smallest absolute Gasteiger partial charge is 0.123 e. The summed E-state index contributed by atoms with van der Waals surface area (Å²) in [5, 5.41) is 4.29. The number of nitrogens with zero attached hydrogens (tertiary/aromatic N) is 2. The molecule has 0 radical (unpaired) electrons. The zero-order valence-corrected chi connectivity index (χ0v) is 10.0. The zero-order chi connectivity index (χ0) is 12.4. The monoisotopic (exact) mass is 233 g/mol. The van der Waals surface area contributed by atoms with Gasteiger partial charge in [0.2, 0.25) is 0 Å². The number of nitrogens with two attached hydrogens (primary N) is 1. The van der Waals surface area contributed by atoms with E-state index >= 15 is 0 Å². The zero-order valence-electron chi connectivity index (χ0n) is 10.0. The predicted octanol–water partition coefficient (Wildman–Crippen LogP) is 2.11. The lowest BCUT2D eigenvalue weighted by atomic mass is 9.98. The molecule has 0 aliphatic heterocycles. The van der Waals surface area contributed by atoms with E-state index in [2.05, 4.69) is 5.10 Å². The third kappa shape index (κ3) is 2.71. The van der Waals surface area contributed by atoms with Gasteiger partial charge in [0.25, 0.3) is 0 Å². The van der Waals surface area contributed by atoms with Crippen LogP contribution in [0.15, 0.2) is 30.5 Å². The second-order valence-electron chi connectivity index (χ2n) is 4.29. The standard InChI is InChI=1S/C13H16FN3/c1-9-7-10(14)3-4-12(9)13(15)8-11-5-6-17(2)16-11/h3-7,13H,8,15H2,1-2H3. The Kier molecular flexibility index (Phi) is 3.24. The normalized spacial score (nSPS) is 12.7. The Morgan fingerprint density at radius 2 is 2.18 bits per heavy atom. The van der Waals surface area contributed by atoms with Crippen LogP contribution in [0.5, 0.6) is 0 Å². The van der Waals surface area contributed by atoms with Crippen molar-refractivity contribution in [2.24, 2.45) is 12.8 Å². The van der Waals surface area contributed by atoms with Crippen LogP contribution in [0.1, 0.15) is 22.9 Å². The molecule has 3 nitrogen and oxygen atoms in total. The molecule has 90 valence electrons. The topological polar surface area (TPSA) is 43.8 Å². The Morgan fingerprint density at radius 1 is 1.41 bits per heavy atom. The Morgan fingerprint density at radius 3 is 2.76 bits per heavy atom. The summed E-state index contributed by atoms with van der Waals surface area (Å²) in [6.45, 7) is 1.87. The van der Waals surface area contributed by atoms with E-state index in [1.165, 1.54) is 12.1 Å². The molecule has 17 heavy (non-hydrogen) atoms. The summed E-state index contributed by atoms with van der Waals surface area (Å²) in [5.41, 5.74) is 8.92. The SMILES string of the molecule is Cc1cc(F)ccc1C(N)Cc1ccn(C)n1. The number of hydrogen-bond acceptors (Lipinski definition) is 2. The van der Waals surface area contributed by atoms with E-state index in [9.17, 15) is 4.39 Å². The minimum absolute atomic E-state index is 0.148. The summed E-state index contributed by atoms with van der Waals surface area (Å²) in [6, 6.07) is 6.50. The van der Waals surface area contributed by atoms with Crippen molar-refractivity contribution in [1.29, 1.82) is 0 Å². The van der Waals surface area contributed by atoms with E-state index in [1.54, 1.807) is 10.7 Å². The molecule has 0 amide bonds. The van der Waals surface area contributed by atoms with Crippen LogP contribution in [-0.4, -0.2) is 9.78 Å². The van der Waals surface area contributed by atoms with Crippen molar-refractivity contribution < 1.29 is 4.39 Å². The van der Waals surface area contributed by atoms with Gasteiger partial charge in [-0.3, -0.25) is 4.68 Å². The molecular weight excluding hydrogens is 217 g/mol. The molecule has 2 rings (SSSR count). The van der Waals surface area contributed by atoms with Gasteiger partial charge in [-0.25, -0.2) is 4.39 Å². The fourth-order valence-electron chi connectivity index (χ4n) is 1.96. The molecule has 1 aromatic heterocycles. The van der Waals surface area contributed by atoms with Gasteiger partial charge in [0.1, 0.15) is 5.82 Å². The Hall–Kier alpha value is -1.68. The molecule has 1 heterocycles. The van der Waals surface area contributed by atoms with Gasteiger partial charge in [-0.2, -0.15) is 5.10 Å². The number of benzene rings is 1. The molecule has 0 fully saturated rings. The van der Waals surface area contributed by atoms with Gasteiger partial charge in [0.05, 0.1) is 5.69 Å². The van der Waals surface area contributed by atoms with Crippen molar-refractivity contribution >= 4 is 0 Å². The fraction of sp³-hybridized carbons (Fsp3) is 0.308. The minimum atomic E-state index is -0.226. The molecule has 1 atom stereocenters. The molecular formula is C13H16FN3. The molecule has 2 aromatic rings. The van der Waals surface area contributed by atoms with E-state index in [4.69, 9.17) is 5.73 Å². The first-order valence-corrected chi connectivity index (χ1v) is 5.56. The maximum absolute atomic E-state index is 13.0. The van der Waals surface area contributed by atoms with Gasteiger partial charge < -0.3 is 5.73 Å². The summed E-state index contributed by atoms with van der Waals surface area (Å²) in [5.74, 6) is -0.226. The maximum Gasteiger partial charge on any atom is 0.123 e. The van der Waals surface area contributed by atoms with Gasteiger partial charge in [0, 0.05) is 25.7 Å². The van der Waals surface area contributed by atoms with E-state index in [-0.39, 0.29) is 11.9 Å². The van der Waals surface area contributed by atoms with Crippen molar-refractivity contribution in [1.82, 2.24) is 9.78 Å². The second-order valence-corrected chi connectivity index (χ2v) is 4.29. The van der Waals surface area contributed by atoms with Gasteiger partial charge in [-0.15, -0.1) is 0 Å². The van der Waals surface area contributed by atoms with E-state index in [1.807, 2.05) is 26.2 Å². The third-order valence-corrected chi connectivity index (χ3v) is 2.83. The first-order valence-electron chi connectivity index (χ1n) is 5.56. The molecule has 0 aliphatic rings. The van der Waals surface area contributed by atoms with E-state index in [0.29, 0.717) is 6.42 Å². The molecule has 1 unspecified atom stereocenters. The highest BCUT2D eigenvalue weighted by Gasteiger charge is 2.11. The summed E-state index contributed by atoms with van der Waals surface area (Å²) in [7, 11) is 1.87. The van der Waals surface area contributed by atoms with Crippen molar-refractivity contribution in [3.05, 3.63) is 53.1 Å². The van der Waals surface area contributed by atoms with Crippen LogP contribution in [-0.2, 0) is 13.5 Å². The highest BCUT2D eigenvalue weighted by atomic mass is 19.1. The summed E-state index contributed by atoms with van der Waals surface area (Å²) >= 11 is 0. The van der Waals surface area contributed by atoms with Crippen LogP contribution in [0.2, 0.25) is 0 Å². The van der Waals surface area contributed by atoms with Crippen LogP contribution in [0.25, 0.3) is 0 Å². The second kappa shape index (κ2) is 4.67. The Balaban J connectivity index is 2.17. The van der Waals surface area contributed by atoms with Crippen molar-refractivity contribution in [2.75, 3.05) is 0 Å². The highest BCUT2D eigenvalue weighted by Crippen LogP contribution is 2.19. The molecule has 0 aliphatic carbocycles. The Bertz CT molecular complexity index is 519.